The van der Waals surface area contributed by atoms with E-state index in [4.69, 9.17) is 4.42 Å². The summed E-state index contributed by atoms with van der Waals surface area (Å²) in [7, 11) is -2.30. The first-order valence-electron chi connectivity index (χ1n) is 11.9. The Labute approximate surface area is 214 Å². The molecule has 3 aromatic rings. The van der Waals surface area contributed by atoms with E-state index in [2.05, 4.69) is 10.3 Å². The van der Waals surface area contributed by atoms with Crippen LogP contribution in [-0.4, -0.2) is 50.0 Å². The summed E-state index contributed by atoms with van der Waals surface area (Å²) >= 11 is 0. The van der Waals surface area contributed by atoms with E-state index in [0.717, 1.165) is 10.6 Å². The lowest BCUT2D eigenvalue weighted by molar-refractivity contribution is -0.115. The van der Waals surface area contributed by atoms with Crippen LogP contribution in [0.4, 0.5) is 10.2 Å². The molecule has 2 aromatic heterocycles. The van der Waals surface area contributed by atoms with Crippen LogP contribution in [-0.2, 0) is 21.2 Å². The molecule has 0 fully saturated rings. The van der Waals surface area contributed by atoms with Gasteiger partial charge in [-0.2, -0.15) is 4.98 Å². The van der Waals surface area contributed by atoms with Gasteiger partial charge in [-0.1, -0.05) is 6.92 Å². The van der Waals surface area contributed by atoms with E-state index in [1.54, 1.807) is 6.07 Å². The molecular formula is C26H28FN3O6S. The highest BCUT2D eigenvalue weighted by Crippen LogP contribution is 2.36. The van der Waals surface area contributed by atoms with Gasteiger partial charge in [-0.3, -0.25) is 13.9 Å². The zero-order valence-electron chi connectivity index (χ0n) is 20.8. The number of furan rings is 1. The molecule has 0 saturated carbocycles. The Morgan fingerprint density at radius 3 is 2.51 bits per heavy atom. The number of halogens is 1. The Morgan fingerprint density at radius 2 is 1.95 bits per heavy atom. The average Bonchev–Trinajstić information content (AvgIpc) is 3.39. The molecule has 1 amide bonds. The van der Waals surface area contributed by atoms with Crippen molar-refractivity contribution >= 4 is 38.6 Å². The van der Waals surface area contributed by atoms with Gasteiger partial charge in [0.15, 0.2) is 5.78 Å². The maximum atomic E-state index is 13.5. The van der Waals surface area contributed by atoms with Crippen LogP contribution in [0, 0.1) is 5.82 Å². The molecule has 0 radical (unpaired) electrons. The second-order valence-electron chi connectivity index (χ2n) is 8.86. The molecule has 1 aromatic carbocycles. The van der Waals surface area contributed by atoms with Gasteiger partial charge in [-0.05, 0) is 55.2 Å². The van der Waals surface area contributed by atoms with Gasteiger partial charge in [0.2, 0.25) is 15.7 Å². The van der Waals surface area contributed by atoms with Crippen molar-refractivity contribution < 1.29 is 31.9 Å². The van der Waals surface area contributed by atoms with E-state index >= 15 is 0 Å². The molecule has 11 heteroatoms. The zero-order valence-corrected chi connectivity index (χ0v) is 21.6. The number of rotatable bonds is 9. The minimum Gasteiger partial charge on any atom is -0.512 e. The molecule has 2 heterocycles. The number of ketones is 1. The summed E-state index contributed by atoms with van der Waals surface area (Å²) in [6.45, 7) is 1.87. The van der Waals surface area contributed by atoms with Gasteiger partial charge in [0.1, 0.15) is 17.4 Å². The second kappa shape index (κ2) is 10.3. The van der Waals surface area contributed by atoms with Crippen LogP contribution in [0.1, 0.15) is 48.5 Å². The summed E-state index contributed by atoms with van der Waals surface area (Å²) in [5.41, 5.74) is 1.66. The Hall–Kier alpha value is -3.73. The molecule has 0 spiro atoms. The molecule has 0 atom stereocenters. The number of fused-ring (bicyclic) bond motifs is 1. The first kappa shape index (κ1) is 26.3. The molecule has 9 nitrogen and oxygen atoms in total. The third-order valence-electron chi connectivity index (χ3n) is 6.38. The summed E-state index contributed by atoms with van der Waals surface area (Å²) < 4.78 is 46.2. The maximum Gasteiger partial charge on any atom is 0.255 e. The van der Waals surface area contributed by atoms with Crippen molar-refractivity contribution in [2.75, 3.05) is 24.2 Å². The Bertz CT molecular complexity index is 1510. The minimum absolute atomic E-state index is 0.0300. The van der Waals surface area contributed by atoms with Crippen LogP contribution in [0.15, 0.2) is 46.1 Å². The van der Waals surface area contributed by atoms with E-state index in [-0.39, 0.29) is 53.8 Å². The van der Waals surface area contributed by atoms with Crippen molar-refractivity contribution in [1.82, 2.24) is 10.3 Å². The number of benzene rings is 1. The van der Waals surface area contributed by atoms with Crippen molar-refractivity contribution in [2.45, 2.75) is 39.0 Å². The van der Waals surface area contributed by atoms with Crippen LogP contribution in [0.2, 0.25) is 0 Å². The summed E-state index contributed by atoms with van der Waals surface area (Å²) in [6, 6.07) is 7.16. The normalized spacial score (nSPS) is 14.0. The first-order valence-corrected chi connectivity index (χ1v) is 13.8. The number of aliphatic hydroxyl groups is 1. The molecule has 0 bridgehead atoms. The van der Waals surface area contributed by atoms with E-state index < -0.39 is 21.7 Å². The van der Waals surface area contributed by atoms with E-state index in [1.165, 1.54) is 31.3 Å². The van der Waals surface area contributed by atoms with Gasteiger partial charge in [0, 0.05) is 37.6 Å². The number of pyridine rings is 1. The predicted molar refractivity (Wildman–Crippen MR) is 137 cm³/mol. The molecule has 0 unspecified atom stereocenters. The molecule has 4 rings (SSSR count). The molecule has 2 N–H and O–H groups in total. The van der Waals surface area contributed by atoms with Crippen LogP contribution in [0.5, 0.6) is 0 Å². The molecule has 0 saturated heterocycles. The Kier molecular flexibility index (Phi) is 7.35. The summed E-state index contributed by atoms with van der Waals surface area (Å²) in [4.78, 5) is 29.3. The summed E-state index contributed by atoms with van der Waals surface area (Å²) in [6.07, 6.45) is 2.60. The number of sulfonamides is 1. The standard InChI is InChI=1S/C26H28FN3O6S/c1-4-15-14-19-22(25(33)28-2)23(16-7-9-17(27)10-8-16)36-26(19)29-24(15)30(37(3,34)35)13-5-6-18-20(31)11-12-21(18)32/h7-10,14,31H,4-6,11-13H2,1-3H3,(H,28,33). The van der Waals surface area contributed by atoms with E-state index in [1.807, 2.05) is 6.92 Å². The average molecular weight is 530 g/mol. The second-order valence-corrected chi connectivity index (χ2v) is 10.8. The molecule has 196 valence electrons. The number of Topliss-reactive ketones (excluding diaryl/α,β-unsaturated/α-hetero) is 1. The van der Waals surface area contributed by atoms with Gasteiger partial charge in [-0.15, -0.1) is 0 Å². The third kappa shape index (κ3) is 5.22. The monoisotopic (exact) mass is 529 g/mol. The highest BCUT2D eigenvalue weighted by Gasteiger charge is 2.28. The smallest absolute Gasteiger partial charge is 0.255 e. The summed E-state index contributed by atoms with van der Waals surface area (Å²) in [5, 5.41) is 12.9. The highest BCUT2D eigenvalue weighted by atomic mass is 32.2. The number of nitrogens with one attached hydrogen (secondary N) is 1. The van der Waals surface area contributed by atoms with Crippen molar-refractivity contribution in [3.63, 3.8) is 0 Å². The van der Waals surface area contributed by atoms with Gasteiger partial charge in [-0.25, -0.2) is 12.8 Å². The number of nitrogens with zero attached hydrogens (tertiary/aromatic N) is 2. The molecule has 1 aliphatic rings. The zero-order chi connectivity index (χ0) is 26.9. The number of allylic oxidation sites excluding steroid dienone is 2. The number of hydrogen-bond acceptors (Lipinski definition) is 7. The minimum atomic E-state index is -3.78. The van der Waals surface area contributed by atoms with Crippen LogP contribution in [0.3, 0.4) is 0 Å². The Balaban J connectivity index is 1.79. The molecule has 0 aliphatic heterocycles. The largest absolute Gasteiger partial charge is 0.512 e. The topological polar surface area (TPSA) is 130 Å². The third-order valence-corrected chi connectivity index (χ3v) is 7.53. The lowest BCUT2D eigenvalue weighted by Crippen LogP contribution is -2.32. The van der Waals surface area contributed by atoms with E-state index in [0.29, 0.717) is 41.3 Å². The van der Waals surface area contributed by atoms with Gasteiger partial charge < -0.3 is 14.8 Å². The predicted octanol–water partition coefficient (Wildman–Crippen LogP) is 4.28. The number of aryl methyl sites for hydroxylation is 1. The SMILES string of the molecule is CCc1cc2c(C(=O)NC)c(-c3ccc(F)cc3)oc2nc1N(CCCC1=C(O)CCC1=O)S(C)(=O)=O. The number of anilines is 1. The lowest BCUT2D eigenvalue weighted by Gasteiger charge is -2.23. The van der Waals surface area contributed by atoms with Gasteiger partial charge >= 0.3 is 0 Å². The van der Waals surface area contributed by atoms with Crippen molar-refractivity contribution in [3.8, 4) is 11.3 Å². The number of carbonyl (C=O) groups is 2. The van der Waals surface area contributed by atoms with Crippen molar-refractivity contribution in [1.29, 1.82) is 0 Å². The fourth-order valence-electron chi connectivity index (χ4n) is 4.49. The van der Waals surface area contributed by atoms with Crippen LogP contribution < -0.4 is 9.62 Å². The molecule has 37 heavy (non-hydrogen) atoms. The quantitative estimate of drug-likeness (QED) is 0.423. The number of amides is 1. The molecule has 1 aliphatic carbocycles. The summed E-state index contributed by atoms with van der Waals surface area (Å²) in [5.74, 6) is -0.574. The first-order chi connectivity index (χ1) is 17.5. The highest BCUT2D eigenvalue weighted by molar-refractivity contribution is 7.92. The number of aliphatic hydroxyl groups excluding tert-OH is 1. The van der Waals surface area contributed by atoms with Crippen molar-refractivity contribution in [3.05, 3.63) is 58.6 Å². The Morgan fingerprint density at radius 1 is 1.24 bits per heavy atom. The van der Waals surface area contributed by atoms with Crippen molar-refractivity contribution in [2.24, 2.45) is 0 Å². The van der Waals surface area contributed by atoms with E-state index in [9.17, 15) is 27.5 Å². The fourth-order valence-corrected chi connectivity index (χ4v) is 5.43. The number of hydrogen-bond donors (Lipinski definition) is 2. The van der Waals surface area contributed by atoms with Crippen LogP contribution in [0.25, 0.3) is 22.4 Å². The molecular weight excluding hydrogens is 501 g/mol. The fraction of sp³-hybridized carbons (Fsp3) is 0.346. The van der Waals surface area contributed by atoms with Gasteiger partial charge in [0.05, 0.1) is 23.0 Å². The maximum absolute atomic E-state index is 13.5. The number of aromatic nitrogens is 1. The lowest BCUT2D eigenvalue weighted by atomic mass is 10.0. The van der Waals surface area contributed by atoms with Gasteiger partial charge in [0.25, 0.3) is 5.91 Å². The van der Waals surface area contributed by atoms with Crippen LogP contribution >= 0.6 is 0 Å². The number of carbonyl (C=O) groups excluding carboxylic acids is 2.